The number of aromatic nitrogens is 1. The second-order valence-corrected chi connectivity index (χ2v) is 18.8. The van der Waals surface area contributed by atoms with Crippen molar-refractivity contribution in [2.24, 2.45) is 29.0 Å². The SMILES string of the molecule is CC(C)C[C@H](NC(=O)[C@H](CC(C)C)NC(=O)[C@@H](Cc1c[nH]c2ccccc12)NC(=O)[C@H](Cc1ccccc1)NC(=O)[C@@H](Cc1cccc2ccccc12)NC(=O)[C@@H](N)CCCCN)C(N)=O.O=C(O)C(F)(F)F. The third-order valence-electron chi connectivity index (χ3n) is 11.8. The van der Waals surface area contributed by atoms with Gasteiger partial charge in [-0.05, 0) is 77.6 Å². The van der Waals surface area contributed by atoms with Crippen LogP contribution in [0.4, 0.5) is 13.2 Å². The number of para-hydroxylation sites is 1. The molecular formula is C53H68F3N9O8. The molecule has 0 aliphatic heterocycles. The van der Waals surface area contributed by atoms with Gasteiger partial charge in [0.05, 0.1) is 6.04 Å². The standard InChI is InChI=1S/C51H67N9O6.C2HF3O2/c1-31(2)25-41(46(54)61)56-48(63)42(26-32(3)4)58-51(66)45(29-36-30-55-40-23-11-10-21-38(36)40)60-49(64)43(27-33-15-6-5-7-16-33)59-50(65)44(57-47(62)39(53)22-12-13-24-52)28-35-19-14-18-34-17-8-9-20-37(34)35;3-2(4,5)1(6)7/h5-11,14-21,23,30-32,39,41-45,55H,12-13,22,24-29,52-53H2,1-4H3,(H2,54,61)(H,56,63)(H,57,62)(H,58,66)(H,59,65)(H,60,64);(H,6,7)/t39-,41-,42-,43-,44+,45+;/m0./s1. The van der Waals surface area contributed by atoms with E-state index in [0.717, 1.165) is 38.4 Å². The summed E-state index contributed by atoms with van der Waals surface area (Å²) in [7, 11) is 0. The van der Waals surface area contributed by atoms with Crippen molar-refractivity contribution in [1.29, 1.82) is 0 Å². The number of carboxylic acids is 1. The minimum absolute atomic E-state index is 0.0165. The number of unbranched alkanes of at least 4 members (excludes halogenated alkanes) is 1. The van der Waals surface area contributed by atoms with E-state index >= 15 is 0 Å². The average molecular weight is 1020 g/mol. The predicted octanol–water partition coefficient (Wildman–Crippen LogP) is 4.44. The first-order chi connectivity index (χ1) is 34.6. The normalized spacial score (nSPS) is 13.9. The quantitative estimate of drug-likeness (QED) is 0.0367. The Morgan fingerprint density at radius 2 is 1.04 bits per heavy atom. The Morgan fingerprint density at radius 1 is 0.575 bits per heavy atom. The van der Waals surface area contributed by atoms with Gasteiger partial charge in [0, 0.05) is 36.4 Å². The van der Waals surface area contributed by atoms with Crippen LogP contribution in [0.5, 0.6) is 0 Å². The van der Waals surface area contributed by atoms with E-state index in [9.17, 15) is 41.9 Å². The summed E-state index contributed by atoms with van der Waals surface area (Å²) >= 11 is 0. The molecule has 0 fully saturated rings. The lowest BCUT2D eigenvalue weighted by molar-refractivity contribution is -0.192. The second-order valence-electron chi connectivity index (χ2n) is 18.8. The van der Waals surface area contributed by atoms with Gasteiger partial charge >= 0.3 is 12.1 Å². The highest BCUT2D eigenvalue weighted by Gasteiger charge is 2.38. The molecule has 73 heavy (non-hydrogen) atoms. The number of hydrogen-bond donors (Lipinski definition) is 10. The van der Waals surface area contributed by atoms with Crippen LogP contribution < -0.4 is 43.8 Å². The van der Waals surface area contributed by atoms with Crippen LogP contribution in [0.15, 0.2) is 103 Å². The maximum atomic E-state index is 14.8. The molecule has 4 aromatic carbocycles. The monoisotopic (exact) mass is 1020 g/mol. The van der Waals surface area contributed by atoms with Crippen molar-refractivity contribution in [3.63, 3.8) is 0 Å². The highest BCUT2D eigenvalue weighted by molar-refractivity contribution is 5.98. The van der Waals surface area contributed by atoms with Crippen molar-refractivity contribution in [3.8, 4) is 0 Å². The molecule has 394 valence electrons. The third-order valence-corrected chi connectivity index (χ3v) is 11.8. The van der Waals surface area contributed by atoms with Crippen LogP contribution in [0, 0.1) is 11.8 Å². The number of benzene rings is 4. The van der Waals surface area contributed by atoms with Crippen LogP contribution in [0.1, 0.15) is 76.5 Å². The zero-order valence-corrected chi connectivity index (χ0v) is 41.5. The molecule has 0 aliphatic carbocycles. The van der Waals surface area contributed by atoms with Crippen molar-refractivity contribution >= 4 is 63.1 Å². The molecule has 5 rings (SSSR count). The maximum Gasteiger partial charge on any atom is 0.490 e. The number of aromatic amines is 1. The Labute approximate surface area is 422 Å². The highest BCUT2D eigenvalue weighted by Crippen LogP contribution is 2.22. The summed E-state index contributed by atoms with van der Waals surface area (Å²) in [4.78, 5) is 95.9. The molecule has 0 unspecified atom stereocenters. The minimum Gasteiger partial charge on any atom is -0.475 e. The van der Waals surface area contributed by atoms with Gasteiger partial charge in [-0.3, -0.25) is 28.8 Å². The molecule has 17 nitrogen and oxygen atoms in total. The van der Waals surface area contributed by atoms with Gasteiger partial charge in [-0.15, -0.1) is 0 Å². The van der Waals surface area contributed by atoms with Crippen molar-refractivity contribution in [3.05, 3.63) is 120 Å². The van der Waals surface area contributed by atoms with Crippen LogP contribution in [0.3, 0.4) is 0 Å². The van der Waals surface area contributed by atoms with Gasteiger partial charge in [0.15, 0.2) is 0 Å². The molecule has 0 aliphatic rings. The second kappa shape index (κ2) is 28.1. The molecule has 5 aromatic rings. The third kappa shape index (κ3) is 18.7. The number of nitrogens with two attached hydrogens (primary N) is 3. The van der Waals surface area contributed by atoms with Gasteiger partial charge in [-0.25, -0.2) is 4.79 Å². The lowest BCUT2D eigenvalue weighted by atomic mass is 9.97. The molecule has 20 heteroatoms. The van der Waals surface area contributed by atoms with Gasteiger partial charge < -0.3 is 53.9 Å². The summed E-state index contributed by atoms with van der Waals surface area (Å²) in [6.07, 6.45) is -0.942. The van der Waals surface area contributed by atoms with Crippen molar-refractivity contribution in [2.45, 2.75) is 121 Å². The average Bonchev–Trinajstić information content (AvgIpc) is 3.75. The number of carboxylic acid groups (broad SMARTS) is 1. The van der Waals surface area contributed by atoms with Gasteiger partial charge in [0.1, 0.15) is 30.2 Å². The fourth-order valence-electron chi connectivity index (χ4n) is 8.12. The van der Waals surface area contributed by atoms with Gasteiger partial charge in [-0.2, -0.15) is 13.2 Å². The fourth-order valence-corrected chi connectivity index (χ4v) is 8.12. The number of H-pyrrole nitrogens is 1. The first kappa shape index (κ1) is 58.3. The predicted molar refractivity (Wildman–Crippen MR) is 272 cm³/mol. The molecule has 0 saturated heterocycles. The summed E-state index contributed by atoms with van der Waals surface area (Å²) in [6, 6.07) is 23.6. The van der Waals surface area contributed by atoms with Crippen LogP contribution in [-0.4, -0.2) is 100 Å². The highest BCUT2D eigenvalue weighted by atomic mass is 19.4. The summed E-state index contributed by atoms with van der Waals surface area (Å²) in [5, 5.41) is 24.1. The van der Waals surface area contributed by atoms with E-state index in [1.54, 1.807) is 6.20 Å². The van der Waals surface area contributed by atoms with Crippen molar-refractivity contribution in [2.75, 3.05) is 6.54 Å². The van der Waals surface area contributed by atoms with Gasteiger partial charge in [0.2, 0.25) is 35.4 Å². The first-order valence-electron chi connectivity index (χ1n) is 24.2. The minimum atomic E-state index is -5.08. The molecule has 1 aromatic heterocycles. The number of aliphatic carboxylic acids is 1. The van der Waals surface area contributed by atoms with E-state index in [-0.39, 0.29) is 37.5 Å². The Hall–Kier alpha value is -7.32. The Bertz CT molecular complexity index is 2640. The van der Waals surface area contributed by atoms with Crippen molar-refractivity contribution in [1.82, 2.24) is 31.6 Å². The van der Waals surface area contributed by atoms with Crippen LogP contribution in [-0.2, 0) is 52.8 Å². The molecule has 6 amide bonds. The molecule has 0 saturated carbocycles. The maximum absolute atomic E-state index is 14.8. The number of alkyl halides is 3. The number of carbonyl (C=O) groups excluding carboxylic acids is 6. The van der Waals surface area contributed by atoms with E-state index in [1.807, 2.05) is 125 Å². The zero-order chi connectivity index (χ0) is 53.8. The van der Waals surface area contributed by atoms with Crippen LogP contribution >= 0.6 is 0 Å². The Balaban J connectivity index is 0.00000153. The number of amides is 6. The van der Waals surface area contributed by atoms with Crippen molar-refractivity contribution < 1.29 is 51.8 Å². The lowest BCUT2D eigenvalue weighted by Crippen LogP contribution is -2.60. The molecule has 0 bridgehead atoms. The summed E-state index contributed by atoms with van der Waals surface area (Å²) in [5.74, 6) is -6.48. The molecule has 0 spiro atoms. The van der Waals surface area contributed by atoms with E-state index in [0.29, 0.717) is 32.2 Å². The molecular weight excluding hydrogens is 948 g/mol. The number of fused-ring (bicyclic) bond motifs is 2. The van der Waals surface area contributed by atoms with Gasteiger partial charge in [-0.1, -0.05) is 125 Å². The first-order valence-corrected chi connectivity index (χ1v) is 24.2. The fraction of sp³-hybridized carbons (Fsp3) is 0.415. The number of hydrogen-bond acceptors (Lipinski definition) is 9. The van der Waals surface area contributed by atoms with Crippen LogP contribution in [0.25, 0.3) is 21.7 Å². The number of carbonyl (C=O) groups is 7. The molecule has 13 N–H and O–H groups in total. The molecule has 6 atom stereocenters. The summed E-state index contributed by atoms with van der Waals surface area (Å²) in [5.41, 5.74) is 20.7. The topological polar surface area (TPSA) is 294 Å². The largest absolute Gasteiger partial charge is 0.490 e. The zero-order valence-electron chi connectivity index (χ0n) is 41.5. The van der Waals surface area contributed by atoms with E-state index in [4.69, 9.17) is 27.1 Å². The van der Waals surface area contributed by atoms with E-state index in [2.05, 4.69) is 31.6 Å². The Morgan fingerprint density at radius 3 is 1.62 bits per heavy atom. The number of rotatable bonds is 25. The van der Waals surface area contributed by atoms with E-state index < -0.39 is 83.8 Å². The van der Waals surface area contributed by atoms with Crippen LogP contribution in [0.2, 0.25) is 0 Å². The van der Waals surface area contributed by atoms with E-state index in [1.165, 1.54) is 0 Å². The number of primary amides is 1. The molecule has 0 radical (unpaired) electrons. The number of halogens is 3. The number of nitrogens with one attached hydrogen (secondary N) is 6. The lowest BCUT2D eigenvalue weighted by Gasteiger charge is -2.28. The van der Waals surface area contributed by atoms with Gasteiger partial charge in [0.25, 0.3) is 0 Å². The molecule has 1 heterocycles. The smallest absolute Gasteiger partial charge is 0.475 e. The Kier molecular flexibility index (Phi) is 22.4. The summed E-state index contributed by atoms with van der Waals surface area (Å²) in [6.45, 7) is 8.08. The summed E-state index contributed by atoms with van der Waals surface area (Å²) < 4.78 is 31.7.